The van der Waals surface area contributed by atoms with Gasteiger partial charge >= 0.3 is 0 Å². The molecule has 15 rings (SSSR count). The third-order valence-electron chi connectivity index (χ3n) is 14.7. The molecule has 1 unspecified atom stereocenters. The Balaban J connectivity index is 0.961. The van der Waals surface area contributed by atoms with Crippen LogP contribution >= 0.6 is 11.3 Å². The maximum absolute atomic E-state index is 6.84. The van der Waals surface area contributed by atoms with Gasteiger partial charge in [-0.3, -0.25) is 0 Å². The highest BCUT2D eigenvalue weighted by Crippen LogP contribution is 2.47. The zero-order valence-corrected chi connectivity index (χ0v) is 38.6. The highest BCUT2D eigenvalue weighted by atomic mass is 32.1. The zero-order valence-electron chi connectivity index (χ0n) is 37.8. The molecule has 5 nitrogen and oxygen atoms in total. The van der Waals surface area contributed by atoms with Gasteiger partial charge in [0.1, 0.15) is 11.2 Å². The summed E-state index contributed by atoms with van der Waals surface area (Å²) in [7, 11) is 0. The first kappa shape index (κ1) is 39.3. The van der Waals surface area contributed by atoms with Crippen LogP contribution < -0.4 is 0 Å². The predicted molar refractivity (Wildman–Crippen MR) is 290 cm³/mol. The molecule has 0 bridgehead atoms. The van der Waals surface area contributed by atoms with E-state index in [-0.39, 0.29) is 5.92 Å². The number of hydrogen-bond acceptors (Lipinski definition) is 5. The van der Waals surface area contributed by atoms with E-state index in [0.717, 1.165) is 73.6 Å². The molecule has 0 radical (unpaired) electrons. The number of fused-ring (bicyclic) bond motifs is 13. The lowest BCUT2D eigenvalue weighted by molar-refractivity contribution is 0.667. The monoisotopic (exact) mass is 912 g/mol. The molecule has 1 aliphatic carbocycles. The Morgan fingerprint density at radius 2 is 1.09 bits per heavy atom. The molecular weight excluding hydrogens is 873 g/mol. The molecule has 4 heterocycles. The van der Waals surface area contributed by atoms with Gasteiger partial charge in [0.25, 0.3) is 0 Å². The number of aromatic nitrogens is 4. The molecule has 0 N–H and O–H groups in total. The van der Waals surface area contributed by atoms with Gasteiger partial charge in [-0.15, -0.1) is 11.3 Å². The Labute approximate surface area is 406 Å². The topological polar surface area (TPSA) is 56.7 Å². The van der Waals surface area contributed by atoms with Gasteiger partial charge in [0.05, 0.1) is 11.0 Å². The SMILES string of the molecule is c1ccc(-n2c3ccccc3c3cc(-c4nc(-c5cc(C6CCc7cc8ccccc8cc7-c7ccccc76)c6c(c5)oc5ccccc56)nc(-c5ccc6c(c5)sc5ccccc56)n4)ccc32)cc1. The molecule has 0 amide bonds. The summed E-state index contributed by atoms with van der Waals surface area (Å²) in [4.78, 5) is 16.2. The molecule has 70 heavy (non-hydrogen) atoms. The number of nitrogens with zero attached hydrogens (tertiary/aromatic N) is 4. The highest BCUT2D eigenvalue weighted by molar-refractivity contribution is 7.25. The summed E-state index contributed by atoms with van der Waals surface area (Å²) in [6.45, 7) is 0. The van der Waals surface area contributed by atoms with Crippen LogP contribution in [-0.2, 0) is 6.42 Å². The molecule has 0 fully saturated rings. The summed E-state index contributed by atoms with van der Waals surface area (Å²) in [6.07, 6.45) is 1.87. The van der Waals surface area contributed by atoms with Crippen molar-refractivity contribution in [3.05, 3.63) is 229 Å². The summed E-state index contributed by atoms with van der Waals surface area (Å²) in [5.41, 5.74) is 14.3. The van der Waals surface area contributed by atoms with Crippen molar-refractivity contribution in [3.8, 4) is 51.0 Å². The molecule has 0 aliphatic heterocycles. The van der Waals surface area contributed by atoms with Crippen molar-refractivity contribution in [1.29, 1.82) is 0 Å². The van der Waals surface area contributed by atoms with Crippen LogP contribution in [0.15, 0.2) is 217 Å². The minimum Gasteiger partial charge on any atom is -0.456 e. The number of thiophene rings is 1. The maximum atomic E-state index is 6.84. The normalized spacial score (nSPS) is 13.7. The van der Waals surface area contributed by atoms with Gasteiger partial charge in [-0.1, -0.05) is 140 Å². The number of benzene rings is 10. The van der Waals surface area contributed by atoms with Crippen LogP contribution in [-0.4, -0.2) is 19.5 Å². The van der Waals surface area contributed by atoms with E-state index in [4.69, 9.17) is 19.4 Å². The van der Waals surface area contributed by atoms with E-state index < -0.39 is 0 Å². The van der Waals surface area contributed by atoms with E-state index in [1.165, 1.54) is 64.1 Å². The van der Waals surface area contributed by atoms with Crippen molar-refractivity contribution in [2.24, 2.45) is 0 Å². The molecule has 0 saturated heterocycles. The molecule has 10 aromatic carbocycles. The van der Waals surface area contributed by atoms with E-state index >= 15 is 0 Å². The molecule has 6 heteroatoms. The first-order valence-corrected chi connectivity index (χ1v) is 24.8. The van der Waals surface area contributed by atoms with Crippen molar-refractivity contribution in [3.63, 3.8) is 0 Å². The Hall–Kier alpha value is -8.71. The van der Waals surface area contributed by atoms with Gasteiger partial charge in [0.2, 0.25) is 0 Å². The fourth-order valence-electron chi connectivity index (χ4n) is 11.5. The molecule has 0 saturated carbocycles. The van der Waals surface area contributed by atoms with Crippen LogP contribution in [0.5, 0.6) is 0 Å². The Bertz CT molecular complexity index is 4450. The van der Waals surface area contributed by atoms with Gasteiger partial charge in [-0.25, -0.2) is 15.0 Å². The first-order valence-electron chi connectivity index (χ1n) is 24.0. The van der Waals surface area contributed by atoms with Crippen molar-refractivity contribution >= 4 is 86.0 Å². The third kappa shape index (κ3) is 6.13. The fourth-order valence-corrected chi connectivity index (χ4v) is 12.6. The van der Waals surface area contributed by atoms with Crippen LogP contribution in [0.25, 0.3) is 126 Å². The average molecular weight is 913 g/mol. The Morgan fingerprint density at radius 3 is 1.96 bits per heavy atom. The second-order valence-electron chi connectivity index (χ2n) is 18.6. The van der Waals surface area contributed by atoms with Crippen molar-refractivity contribution < 1.29 is 4.42 Å². The second kappa shape index (κ2) is 15.4. The molecule has 4 aromatic heterocycles. The van der Waals surface area contributed by atoms with Crippen LogP contribution in [0.4, 0.5) is 0 Å². The van der Waals surface area contributed by atoms with E-state index in [2.05, 4.69) is 217 Å². The lowest BCUT2D eigenvalue weighted by Gasteiger charge is -2.20. The van der Waals surface area contributed by atoms with E-state index in [1.54, 1.807) is 11.3 Å². The zero-order chi connectivity index (χ0) is 45.9. The van der Waals surface area contributed by atoms with Crippen LogP contribution in [0.3, 0.4) is 0 Å². The summed E-state index contributed by atoms with van der Waals surface area (Å²) >= 11 is 1.80. The van der Waals surface area contributed by atoms with Gasteiger partial charge in [0.15, 0.2) is 17.5 Å². The van der Waals surface area contributed by atoms with Crippen molar-refractivity contribution in [2.75, 3.05) is 0 Å². The molecule has 1 aliphatic rings. The summed E-state index contributed by atoms with van der Waals surface area (Å²) in [6, 6.07) is 76.6. The molecule has 14 aromatic rings. The maximum Gasteiger partial charge on any atom is 0.164 e. The van der Waals surface area contributed by atoms with E-state index in [1.807, 2.05) is 0 Å². The smallest absolute Gasteiger partial charge is 0.164 e. The first-order chi connectivity index (χ1) is 34.7. The van der Waals surface area contributed by atoms with E-state index in [9.17, 15) is 0 Å². The fraction of sp³-hybridized carbons (Fsp3) is 0.0469. The number of furan rings is 1. The van der Waals surface area contributed by atoms with Crippen LogP contribution in [0, 0.1) is 0 Å². The summed E-state index contributed by atoms with van der Waals surface area (Å²) in [5, 5.41) is 9.59. The van der Waals surface area contributed by atoms with Gasteiger partial charge < -0.3 is 8.98 Å². The van der Waals surface area contributed by atoms with Crippen molar-refractivity contribution in [2.45, 2.75) is 18.8 Å². The van der Waals surface area contributed by atoms with Gasteiger partial charge in [-0.05, 0) is 124 Å². The minimum absolute atomic E-state index is 0.0654. The second-order valence-corrected chi connectivity index (χ2v) is 19.7. The largest absolute Gasteiger partial charge is 0.456 e. The van der Waals surface area contributed by atoms with Crippen molar-refractivity contribution in [1.82, 2.24) is 19.5 Å². The number of hydrogen-bond donors (Lipinski definition) is 0. The highest BCUT2D eigenvalue weighted by Gasteiger charge is 2.28. The van der Waals surface area contributed by atoms with Gasteiger partial charge in [0, 0.05) is 70.0 Å². The molecule has 1 atom stereocenters. The molecule has 0 spiro atoms. The number of rotatable bonds is 5. The summed E-state index contributed by atoms with van der Waals surface area (Å²) < 4.78 is 11.6. The lowest BCUT2D eigenvalue weighted by Crippen LogP contribution is -2.05. The minimum atomic E-state index is 0.0654. The Kier molecular flexibility index (Phi) is 8.65. The molecule has 328 valence electrons. The third-order valence-corrected chi connectivity index (χ3v) is 15.8. The summed E-state index contributed by atoms with van der Waals surface area (Å²) in [5.74, 6) is 1.90. The average Bonchev–Trinajstić information content (AvgIpc) is 4.06. The quantitative estimate of drug-likeness (QED) is 0.173. The Morgan fingerprint density at radius 1 is 0.429 bits per heavy atom. The lowest BCUT2D eigenvalue weighted by atomic mass is 9.83. The number of aryl methyl sites for hydroxylation is 1. The van der Waals surface area contributed by atoms with Crippen LogP contribution in [0.2, 0.25) is 0 Å². The number of para-hydroxylation sites is 3. The van der Waals surface area contributed by atoms with Crippen LogP contribution in [0.1, 0.15) is 29.0 Å². The predicted octanol–water partition coefficient (Wildman–Crippen LogP) is 17.1. The van der Waals surface area contributed by atoms with Gasteiger partial charge in [-0.2, -0.15) is 0 Å². The van der Waals surface area contributed by atoms with E-state index in [0.29, 0.717) is 17.5 Å². The molecular formula is C64H40N4OS. The standard InChI is InChI=1S/C64H40N4OS/c1-2-16-44(17-3-1)68-55-23-11-8-20-48(55)53-34-41(28-31-56(53)68)62-65-63(42-27-30-50-49-21-10-13-25-59(49)70-60(50)37-42)67-64(66-62)43-35-54(61-51-22-9-12-24-57(51)69-58(61)36-43)47-29-26-40-32-38-14-4-5-15-39(38)33-52(40)46-19-7-6-18-45(46)47/h1-25,27-28,30-37,47H,26,29H2.